The van der Waals surface area contributed by atoms with E-state index >= 15 is 0 Å². The van der Waals surface area contributed by atoms with Gasteiger partial charge in [0.2, 0.25) is 0 Å². The van der Waals surface area contributed by atoms with Gasteiger partial charge in [-0.05, 0) is 84.7 Å². The first-order valence-corrected chi connectivity index (χ1v) is 11.2. The first-order chi connectivity index (χ1) is 16.0. The molecule has 0 unspecified atom stereocenters. The summed E-state index contributed by atoms with van der Waals surface area (Å²) < 4.78 is 28.2. The molecule has 33 heavy (non-hydrogen) atoms. The van der Waals surface area contributed by atoms with E-state index in [0.29, 0.717) is 11.1 Å². The highest BCUT2D eigenvalue weighted by Crippen LogP contribution is 2.29. The third-order valence-electron chi connectivity index (χ3n) is 5.10. The van der Waals surface area contributed by atoms with Gasteiger partial charge in [-0.25, -0.2) is 8.78 Å². The molecule has 0 heterocycles. The molecule has 3 rings (SSSR count). The van der Waals surface area contributed by atoms with Gasteiger partial charge in [-0.1, -0.05) is 55.6 Å². The second-order valence-electron chi connectivity index (χ2n) is 7.61. The Kier molecular flexibility index (Phi) is 8.68. The minimum absolute atomic E-state index is 0.412. The topological polar surface area (TPSA) is 12.4 Å². The van der Waals surface area contributed by atoms with E-state index in [9.17, 15) is 8.78 Å². The molecule has 4 heteroatoms. The number of isothiocyanates is 1. The number of rotatable bonds is 5. The molecule has 0 aromatic heterocycles. The van der Waals surface area contributed by atoms with Crippen LogP contribution >= 0.6 is 12.2 Å². The van der Waals surface area contributed by atoms with Gasteiger partial charge < -0.3 is 0 Å². The van der Waals surface area contributed by atoms with E-state index in [1.54, 1.807) is 12.1 Å². The van der Waals surface area contributed by atoms with E-state index in [2.05, 4.69) is 53.9 Å². The Morgan fingerprint density at radius 1 is 0.818 bits per heavy atom. The van der Waals surface area contributed by atoms with Crippen LogP contribution in [0.1, 0.15) is 54.9 Å². The average molecular weight is 456 g/mol. The molecule has 0 fully saturated rings. The molecule has 0 spiro atoms. The summed E-state index contributed by atoms with van der Waals surface area (Å²) in [6, 6.07) is 15.7. The van der Waals surface area contributed by atoms with Crippen molar-refractivity contribution >= 4 is 23.1 Å². The third-order valence-corrected chi connectivity index (χ3v) is 5.19. The number of unbranched alkanes of at least 4 members (excludes halogenated alkanes) is 3. The summed E-state index contributed by atoms with van der Waals surface area (Å²) in [5.74, 6) is 11.2. The van der Waals surface area contributed by atoms with E-state index in [0.717, 1.165) is 35.1 Å². The summed E-state index contributed by atoms with van der Waals surface area (Å²) in [6.45, 7) is 4.21. The van der Waals surface area contributed by atoms with Crippen molar-refractivity contribution in [3.05, 3.63) is 88.5 Å². The van der Waals surface area contributed by atoms with Gasteiger partial charge in [0.05, 0.1) is 5.16 Å². The largest absolute Gasteiger partial charge is 0.204 e. The molecular weight excluding hydrogens is 432 g/mol. The zero-order valence-corrected chi connectivity index (χ0v) is 19.5. The molecule has 0 saturated heterocycles. The number of nitrogens with zero attached hydrogens (tertiary/aromatic N) is 1. The van der Waals surface area contributed by atoms with Gasteiger partial charge in [-0.15, -0.1) is 0 Å². The number of aliphatic imine (C=N–C) groups is 1. The van der Waals surface area contributed by atoms with Crippen molar-refractivity contribution < 1.29 is 8.78 Å². The minimum atomic E-state index is -0.782. The van der Waals surface area contributed by atoms with E-state index in [-0.39, 0.29) is 0 Å². The SMILES string of the molecule is CCCCCC#Cc1ccc(C#Cc2ccc(-c3cc(F)c(N=C=S)c(F)c3)cc2)c(C)c1. The summed E-state index contributed by atoms with van der Waals surface area (Å²) in [4.78, 5) is 3.43. The molecule has 0 saturated carbocycles. The lowest BCUT2D eigenvalue weighted by atomic mass is 10.0. The van der Waals surface area contributed by atoms with Crippen LogP contribution in [0.2, 0.25) is 0 Å². The molecule has 0 aliphatic carbocycles. The van der Waals surface area contributed by atoms with E-state index in [1.165, 1.54) is 25.0 Å². The number of hydrogen-bond acceptors (Lipinski definition) is 2. The van der Waals surface area contributed by atoms with Crippen molar-refractivity contribution in [2.24, 2.45) is 4.99 Å². The lowest BCUT2D eigenvalue weighted by molar-refractivity contribution is 0.588. The predicted octanol–water partition coefficient (Wildman–Crippen LogP) is 8.01. The van der Waals surface area contributed by atoms with Crippen molar-refractivity contribution in [2.75, 3.05) is 0 Å². The summed E-state index contributed by atoms with van der Waals surface area (Å²) >= 11 is 4.43. The van der Waals surface area contributed by atoms with Gasteiger partial charge in [-0.3, -0.25) is 0 Å². The summed E-state index contributed by atoms with van der Waals surface area (Å²) in [5.41, 5.74) is 4.48. The Morgan fingerprint density at radius 2 is 1.52 bits per heavy atom. The van der Waals surface area contributed by atoms with E-state index < -0.39 is 17.3 Å². The summed E-state index contributed by atoms with van der Waals surface area (Å²) in [6.07, 6.45) is 4.48. The Bertz CT molecular complexity index is 1290. The van der Waals surface area contributed by atoms with Crippen LogP contribution in [0.5, 0.6) is 0 Å². The Labute approximate surface area is 199 Å². The Balaban J connectivity index is 1.74. The van der Waals surface area contributed by atoms with Crippen molar-refractivity contribution in [1.29, 1.82) is 0 Å². The van der Waals surface area contributed by atoms with Crippen LogP contribution in [-0.2, 0) is 0 Å². The van der Waals surface area contributed by atoms with Crippen LogP contribution in [0.25, 0.3) is 11.1 Å². The fraction of sp³-hybridized carbons (Fsp3) is 0.207. The molecule has 0 bridgehead atoms. The highest BCUT2D eigenvalue weighted by Gasteiger charge is 2.11. The zero-order valence-electron chi connectivity index (χ0n) is 18.6. The maximum atomic E-state index is 14.1. The molecule has 0 N–H and O–H groups in total. The molecule has 164 valence electrons. The summed E-state index contributed by atoms with van der Waals surface area (Å²) in [7, 11) is 0. The van der Waals surface area contributed by atoms with Crippen molar-refractivity contribution in [3.63, 3.8) is 0 Å². The monoisotopic (exact) mass is 455 g/mol. The zero-order chi connectivity index (χ0) is 23.6. The van der Waals surface area contributed by atoms with Crippen LogP contribution in [0.4, 0.5) is 14.5 Å². The molecule has 1 nitrogen and oxygen atoms in total. The lowest BCUT2D eigenvalue weighted by Gasteiger charge is -2.05. The number of halogens is 2. The second-order valence-corrected chi connectivity index (χ2v) is 7.79. The third kappa shape index (κ3) is 6.71. The molecular formula is C29H23F2NS. The van der Waals surface area contributed by atoms with Gasteiger partial charge in [0.1, 0.15) is 5.69 Å². The van der Waals surface area contributed by atoms with Crippen molar-refractivity contribution in [2.45, 2.75) is 39.5 Å². The first-order valence-electron chi connectivity index (χ1n) is 10.8. The predicted molar refractivity (Wildman–Crippen MR) is 135 cm³/mol. The number of aryl methyl sites for hydroxylation is 1. The first kappa shape index (κ1) is 24.1. The molecule has 0 aliphatic heterocycles. The molecule has 0 atom stereocenters. The standard InChI is InChI=1S/C29H23F2NS/c1-3-4-5-6-7-8-23-12-14-24(21(2)17-23)13-9-22-10-15-25(16-11-22)26-18-27(30)29(32-20-33)28(31)19-26/h10-12,14-19H,3-6H2,1-2H3. The van der Waals surface area contributed by atoms with E-state index in [4.69, 9.17) is 0 Å². The van der Waals surface area contributed by atoms with Crippen LogP contribution < -0.4 is 0 Å². The summed E-state index contributed by atoms with van der Waals surface area (Å²) in [5, 5.41) is 1.99. The fourth-order valence-electron chi connectivity index (χ4n) is 3.28. The average Bonchev–Trinajstić information content (AvgIpc) is 2.81. The lowest BCUT2D eigenvalue weighted by Crippen LogP contribution is -1.87. The normalized spacial score (nSPS) is 9.82. The highest BCUT2D eigenvalue weighted by atomic mass is 32.1. The van der Waals surface area contributed by atoms with Gasteiger partial charge in [0.25, 0.3) is 0 Å². The molecule has 3 aromatic carbocycles. The Morgan fingerprint density at radius 3 is 2.15 bits per heavy atom. The maximum absolute atomic E-state index is 14.1. The number of hydrogen-bond donors (Lipinski definition) is 0. The van der Waals surface area contributed by atoms with Gasteiger partial charge in [0, 0.05) is 23.1 Å². The second kappa shape index (κ2) is 11.9. The molecule has 0 amide bonds. The smallest absolute Gasteiger partial charge is 0.153 e. The number of benzene rings is 3. The van der Waals surface area contributed by atoms with Gasteiger partial charge >= 0.3 is 0 Å². The molecule has 0 aliphatic rings. The molecule has 0 radical (unpaired) electrons. The Hall–Kier alpha value is -3.56. The van der Waals surface area contributed by atoms with E-state index in [1.807, 2.05) is 36.4 Å². The quantitative estimate of drug-likeness (QED) is 0.164. The van der Waals surface area contributed by atoms with Gasteiger partial charge in [0.15, 0.2) is 11.6 Å². The van der Waals surface area contributed by atoms with Crippen LogP contribution in [0, 0.1) is 42.2 Å². The van der Waals surface area contributed by atoms with Crippen LogP contribution in [0.3, 0.4) is 0 Å². The van der Waals surface area contributed by atoms with Crippen molar-refractivity contribution in [1.82, 2.24) is 0 Å². The number of thiocarbonyl (C=S) groups is 1. The fourth-order valence-corrected chi connectivity index (χ4v) is 3.37. The molecule has 3 aromatic rings. The van der Waals surface area contributed by atoms with Crippen LogP contribution in [0.15, 0.2) is 59.6 Å². The van der Waals surface area contributed by atoms with Crippen LogP contribution in [-0.4, -0.2) is 5.16 Å². The minimum Gasteiger partial charge on any atom is -0.204 e. The maximum Gasteiger partial charge on any atom is 0.153 e. The van der Waals surface area contributed by atoms with Crippen molar-refractivity contribution in [3.8, 4) is 34.8 Å². The highest BCUT2D eigenvalue weighted by molar-refractivity contribution is 7.78. The van der Waals surface area contributed by atoms with Gasteiger partial charge in [-0.2, -0.15) is 4.99 Å².